The molecule has 0 saturated heterocycles. The number of aromatic nitrogens is 2. The lowest BCUT2D eigenvalue weighted by atomic mass is 9.98. The first kappa shape index (κ1) is 19.5. The van der Waals surface area contributed by atoms with Crippen LogP contribution in [0.2, 0.25) is 0 Å². The maximum absolute atomic E-state index is 13.1. The number of urea groups is 1. The van der Waals surface area contributed by atoms with Gasteiger partial charge in [-0.05, 0) is 67.2 Å². The molecule has 4 N–H and O–H groups in total. The predicted molar refractivity (Wildman–Crippen MR) is 111 cm³/mol. The molecule has 2 aromatic rings. The number of nitrogens with zero attached hydrogens (tertiary/aromatic N) is 3. The molecule has 2 aliphatic carbocycles. The Kier molecular flexibility index (Phi) is 4.79. The summed E-state index contributed by atoms with van der Waals surface area (Å²) in [5, 5.41) is 23.3. The summed E-state index contributed by atoms with van der Waals surface area (Å²) in [4.78, 5) is 12.9. The van der Waals surface area contributed by atoms with Gasteiger partial charge in [0.25, 0.3) is 0 Å². The van der Waals surface area contributed by atoms with Crippen LogP contribution in [0.15, 0.2) is 21.5 Å². The van der Waals surface area contributed by atoms with Crippen LogP contribution in [0.1, 0.15) is 54.0 Å². The van der Waals surface area contributed by atoms with Crippen LogP contribution in [-0.2, 0) is 35.7 Å². The summed E-state index contributed by atoms with van der Waals surface area (Å²) in [5.41, 5.74) is 4.74. The van der Waals surface area contributed by atoms with Crippen molar-refractivity contribution in [2.24, 2.45) is 9.50 Å². The van der Waals surface area contributed by atoms with Gasteiger partial charge in [0.15, 0.2) is 9.92 Å². The minimum atomic E-state index is -3.53. The highest BCUT2D eigenvalue weighted by Gasteiger charge is 2.30. The number of carbonyl (C=O) groups excluding carboxylic acids is 1. The van der Waals surface area contributed by atoms with Crippen LogP contribution in [-0.4, -0.2) is 31.7 Å². The van der Waals surface area contributed by atoms with E-state index in [9.17, 15) is 14.1 Å². The summed E-state index contributed by atoms with van der Waals surface area (Å²) in [7, 11) is -3.53. The Morgan fingerprint density at radius 3 is 3.03 bits per heavy atom. The van der Waals surface area contributed by atoms with E-state index >= 15 is 0 Å². The Balaban J connectivity index is 1.49. The van der Waals surface area contributed by atoms with Crippen molar-refractivity contribution in [2.45, 2.75) is 62.5 Å². The molecular weight excluding hydrogens is 406 g/mol. The van der Waals surface area contributed by atoms with Crippen molar-refractivity contribution >= 4 is 21.6 Å². The number of anilines is 1. The molecule has 0 fully saturated rings. The van der Waals surface area contributed by atoms with Gasteiger partial charge in [0.05, 0.1) is 18.9 Å². The van der Waals surface area contributed by atoms with Gasteiger partial charge in [0.2, 0.25) is 5.88 Å². The van der Waals surface area contributed by atoms with Crippen LogP contribution in [0.25, 0.3) is 0 Å². The molecule has 2 unspecified atom stereocenters. The number of hydrogen-bond acceptors (Lipinski definition) is 5. The van der Waals surface area contributed by atoms with Gasteiger partial charge in [0, 0.05) is 12.2 Å². The molecule has 160 valence electrons. The normalized spacial score (nSPS) is 21.6. The van der Waals surface area contributed by atoms with Gasteiger partial charge in [-0.15, -0.1) is 4.36 Å². The second-order valence-electron chi connectivity index (χ2n) is 8.05. The van der Waals surface area contributed by atoms with Crippen LogP contribution < -0.4 is 15.2 Å². The monoisotopic (exact) mass is 431 g/mol. The van der Waals surface area contributed by atoms with Crippen LogP contribution >= 0.6 is 0 Å². The summed E-state index contributed by atoms with van der Waals surface area (Å²) < 4.78 is 24.2. The van der Waals surface area contributed by atoms with Gasteiger partial charge in [0.1, 0.15) is 4.90 Å². The number of hydrogen-bond donors (Lipinski definition) is 3. The molecule has 30 heavy (non-hydrogen) atoms. The van der Waals surface area contributed by atoms with Crippen molar-refractivity contribution in [1.82, 2.24) is 9.78 Å². The average Bonchev–Trinajstić information content (AvgIpc) is 3.38. The zero-order chi connectivity index (χ0) is 20.9. The number of benzene rings is 1. The number of ether oxygens (including phenoxy) is 1. The average molecular weight is 432 g/mol. The Morgan fingerprint density at radius 2 is 2.17 bits per heavy atom. The van der Waals surface area contributed by atoms with Crippen LogP contribution in [0.4, 0.5) is 10.5 Å². The molecular formula is C20H25N5O4S. The largest absolute Gasteiger partial charge is 0.477 e. The molecule has 0 radical (unpaired) electrons. The zero-order valence-electron chi connectivity index (χ0n) is 16.6. The molecule has 3 aliphatic rings. The number of aryl methyl sites for hydroxylation is 2. The summed E-state index contributed by atoms with van der Waals surface area (Å²) in [6.07, 6.45) is 6.71. The summed E-state index contributed by atoms with van der Waals surface area (Å²) in [5.74, 6) is 0.321. The number of rotatable bonds is 2. The third-order valence-corrected chi connectivity index (χ3v) is 7.44. The van der Waals surface area contributed by atoms with Gasteiger partial charge in [-0.3, -0.25) is 0 Å². The van der Waals surface area contributed by atoms with Crippen molar-refractivity contribution in [3.05, 3.63) is 34.5 Å². The van der Waals surface area contributed by atoms with Crippen LogP contribution in [0.3, 0.4) is 0 Å². The van der Waals surface area contributed by atoms with E-state index in [2.05, 4.69) is 20.8 Å². The number of amides is 2. The lowest BCUT2D eigenvalue weighted by Crippen LogP contribution is -2.19. The highest BCUT2D eigenvalue weighted by molar-refractivity contribution is 7.91. The molecule has 10 heteroatoms. The molecule has 2 amide bonds. The third kappa shape index (κ3) is 3.28. The molecule has 0 bridgehead atoms. The molecule has 9 nitrogen and oxygen atoms in total. The minimum absolute atomic E-state index is 0.137. The Bertz CT molecular complexity index is 1150. The lowest BCUT2D eigenvalue weighted by Gasteiger charge is -2.16. The summed E-state index contributed by atoms with van der Waals surface area (Å²) >= 11 is 0. The van der Waals surface area contributed by atoms with Crippen LogP contribution in [0, 0.1) is 0 Å². The highest BCUT2D eigenvalue weighted by Crippen LogP contribution is 2.42. The van der Waals surface area contributed by atoms with E-state index in [1.807, 2.05) is 0 Å². The van der Waals surface area contributed by atoms with Gasteiger partial charge in [-0.1, -0.05) is 6.07 Å². The maximum atomic E-state index is 13.1. The van der Waals surface area contributed by atoms with E-state index in [1.54, 1.807) is 4.68 Å². The highest BCUT2D eigenvalue weighted by atomic mass is 32.2. The lowest BCUT2D eigenvalue weighted by molar-refractivity contribution is 0.180. The molecule has 0 saturated carbocycles. The molecule has 2 atom stereocenters. The molecule has 0 spiro atoms. The Labute approximate surface area is 174 Å². The first-order chi connectivity index (χ1) is 14.4. The van der Waals surface area contributed by atoms with Gasteiger partial charge in [-0.2, -0.15) is 5.10 Å². The predicted octanol–water partition coefficient (Wildman–Crippen LogP) is 2.46. The molecule has 1 aromatic carbocycles. The second-order valence-corrected chi connectivity index (χ2v) is 9.81. The second kappa shape index (κ2) is 7.36. The van der Waals surface area contributed by atoms with Gasteiger partial charge in [-0.25, -0.2) is 18.8 Å². The number of carbonyl (C=O) groups is 1. The number of aliphatic hydroxyl groups is 1. The minimum Gasteiger partial charge on any atom is -0.477 e. The van der Waals surface area contributed by atoms with E-state index < -0.39 is 22.1 Å². The first-order valence-electron chi connectivity index (χ1n) is 10.3. The fraction of sp³-hybridized carbons (Fsp3) is 0.500. The van der Waals surface area contributed by atoms with E-state index in [0.29, 0.717) is 37.6 Å². The zero-order valence-corrected chi connectivity index (χ0v) is 17.4. The summed E-state index contributed by atoms with van der Waals surface area (Å²) in [6, 6.07) is 1.30. The number of nitrogens with one attached hydrogen (secondary N) is 1. The van der Waals surface area contributed by atoms with E-state index in [-0.39, 0.29) is 4.90 Å². The Morgan fingerprint density at radius 1 is 1.30 bits per heavy atom. The Hall–Kier alpha value is -2.43. The first-order valence-corrected chi connectivity index (χ1v) is 11.9. The number of fused-ring (bicyclic) bond motifs is 3. The number of aliphatic hydroxyl groups excluding tert-OH is 1. The number of nitrogens with two attached hydrogens (primary N) is 1. The van der Waals surface area contributed by atoms with E-state index in [1.165, 1.54) is 6.20 Å². The van der Waals surface area contributed by atoms with Crippen molar-refractivity contribution in [3.8, 4) is 5.88 Å². The fourth-order valence-electron chi connectivity index (χ4n) is 4.66. The smallest absolute Gasteiger partial charge is 0.354 e. The maximum Gasteiger partial charge on any atom is 0.354 e. The standard InChI is InChI=1S/C20H25N5O4S/c21-30(28,17-11-22-25-8-1-2-9-29-19(17)25)24-20(27)23-18-13-5-3-4-12(13)10-15-14(18)6-7-16(15)26/h10-11,16,26H,1-9H2,(H3,21,23,24,27,28). The third-order valence-electron chi connectivity index (χ3n) is 6.10. The van der Waals surface area contributed by atoms with E-state index in [4.69, 9.17) is 9.88 Å². The van der Waals surface area contributed by atoms with Gasteiger partial charge < -0.3 is 15.2 Å². The SMILES string of the molecule is NS(=O)(=NC(=O)Nc1c2c(cc3c1CCC3O)CCC2)c1cnn2c1OCCCC2. The summed E-state index contributed by atoms with van der Waals surface area (Å²) in [6.45, 7) is 1.12. The molecule has 1 aromatic heterocycles. The van der Waals surface area contributed by atoms with Crippen molar-refractivity contribution in [3.63, 3.8) is 0 Å². The molecule has 2 heterocycles. The van der Waals surface area contributed by atoms with Crippen molar-refractivity contribution < 1.29 is 18.8 Å². The molecule has 5 rings (SSSR count). The van der Waals surface area contributed by atoms with E-state index in [0.717, 1.165) is 54.4 Å². The van der Waals surface area contributed by atoms with Crippen molar-refractivity contribution in [2.75, 3.05) is 11.9 Å². The quantitative estimate of drug-likeness (QED) is 0.672. The molecule has 1 aliphatic heterocycles. The van der Waals surface area contributed by atoms with Crippen LogP contribution in [0.5, 0.6) is 5.88 Å². The van der Waals surface area contributed by atoms with Gasteiger partial charge >= 0.3 is 6.03 Å². The van der Waals surface area contributed by atoms with Crippen molar-refractivity contribution in [1.29, 1.82) is 0 Å². The topological polar surface area (TPSA) is 132 Å². The fourth-order valence-corrected chi connectivity index (χ4v) is 5.67.